The first kappa shape index (κ1) is 21.7. The molecule has 2 atom stereocenters. The van der Waals surface area contributed by atoms with Crippen molar-refractivity contribution < 1.29 is 23.7 Å². The predicted molar refractivity (Wildman–Crippen MR) is 117 cm³/mol. The summed E-state index contributed by atoms with van der Waals surface area (Å²) < 4.78 is 23.2. The zero-order valence-corrected chi connectivity index (χ0v) is 18.5. The molecule has 0 bridgehead atoms. The van der Waals surface area contributed by atoms with Crippen LogP contribution in [0.1, 0.15) is 50.5 Å². The third kappa shape index (κ3) is 5.77. The van der Waals surface area contributed by atoms with Gasteiger partial charge in [0.05, 0.1) is 19.1 Å². The second kappa shape index (κ2) is 9.28. The highest BCUT2D eigenvalue weighted by molar-refractivity contribution is 5.70. The number of carbonyl (C=O) groups is 1. The Bertz CT molecular complexity index is 890. The van der Waals surface area contributed by atoms with Crippen molar-refractivity contribution in [1.82, 2.24) is 4.90 Å². The first-order valence-electron chi connectivity index (χ1n) is 10.9. The van der Waals surface area contributed by atoms with Crippen molar-refractivity contribution in [3.05, 3.63) is 59.7 Å². The predicted octanol–water partition coefficient (Wildman–Crippen LogP) is 4.30. The molecule has 6 heteroatoms. The van der Waals surface area contributed by atoms with Crippen LogP contribution in [0.2, 0.25) is 0 Å². The molecule has 166 valence electrons. The molecule has 0 saturated carbocycles. The van der Waals surface area contributed by atoms with E-state index in [1.165, 1.54) is 0 Å². The first-order valence-corrected chi connectivity index (χ1v) is 10.9. The van der Waals surface area contributed by atoms with E-state index in [4.69, 9.17) is 18.9 Å². The van der Waals surface area contributed by atoms with Gasteiger partial charge in [-0.05, 0) is 44.5 Å². The van der Waals surface area contributed by atoms with Crippen molar-refractivity contribution in [3.8, 4) is 11.5 Å². The number of hydrogen-bond donors (Lipinski definition) is 0. The molecule has 2 aromatic rings. The van der Waals surface area contributed by atoms with E-state index < -0.39 is 5.60 Å². The minimum Gasteiger partial charge on any atom is -0.489 e. The van der Waals surface area contributed by atoms with Crippen LogP contribution in [0.15, 0.2) is 48.5 Å². The van der Waals surface area contributed by atoms with Crippen LogP contribution < -0.4 is 9.47 Å². The summed E-state index contributed by atoms with van der Waals surface area (Å²) in [5, 5.41) is 0. The van der Waals surface area contributed by atoms with Crippen LogP contribution in [0.3, 0.4) is 0 Å². The lowest BCUT2D eigenvalue weighted by atomic mass is 10.1. The summed E-state index contributed by atoms with van der Waals surface area (Å²) >= 11 is 0. The summed E-state index contributed by atoms with van der Waals surface area (Å²) in [7, 11) is 0. The molecule has 2 aromatic carbocycles. The third-order valence-electron chi connectivity index (χ3n) is 5.39. The van der Waals surface area contributed by atoms with E-state index in [9.17, 15) is 4.79 Å². The number of benzene rings is 2. The molecule has 2 heterocycles. The fourth-order valence-corrected chi connectivity index (χ4v) is 3.91. The average molecular weight is 426 g/mol. The first-order chi connectivity index (χ1) is 14.9. The number of esters is 1. The maximum Gasteiger partial charge on any atom is 0.307 e. The smallest absolute Gasteiger partial charge is 0.307 e. The highest BCUT2D eigenvalue weighted by atomic mass is 16.6. The van der Waals surface area contributed by atoms with Gasteiger partial charge < -0.3 is 18.9 Å². The third-order valence-corrected chi connectivity index (χ3v) is 5.39. The van der Waals surface area contributed by atoms with E-state index in [-0.39, 0.29) is 18.2 Å². The van der Waals surface area contributed by atoms with Crippen molar-refractivity contribution in [1.29, 1.82) is 0 Å². The zero-order valence-electron chi connectivity index (χ0n) is 18.5. The van der Waals surface area contributed by atoms with Crippen LogP contribution in [0.4, 0.5) is 0 Å². The standard InChI is InChI=1S/C25H31NO5/c1-25(2,3)31-24(27)12-13-26-14-15-28-22(16-26)18-8-10-19(11-9-18)30-23-17-29-21-7-5-4-6-20(21)23/h4-11,22-23H,12-17H2,1-3H3. The zero-order chi connectivity index (χ0) is 21.8. The number of hydrogen-bond acceptors (Lipinski definition) is 6. The monoisotopic (exact) mass is 425 g/mol. The Hall–Kier alpha value is -2.57. The maximum atomic E-state index is 12.0. The number of carbonyl (C=O) groups excluding carboxylic acids is 1. The fourth-order valence-electron chi connectivity index (χ4n) is 3.91. The molecule has 6 nitrogen and oxygen atoms in total. The van der Waals surface area contributed by atoms with Crippen molar-refractivity contribution in [2.75, 3.05) is 32.8 Å². The molecule has 1 fully saturated rings. The van der Waals surface area contributed by atoms with Gasteiger partial charge in [-0.2, -0.15) is 0 Å². The molecular formula is C25H31NO5. The summed E-state index contributed by atoms with van der Waals surface area (Å²) in [6.07, 6.45) is 0.287. The number of fused-ring (bicyclic) bond motifs is 1. The lowest BCUT2D eigenvalue weighted by Crippen LogP contribution is -2.39. The second-order valence-electron chi connectivity index (χ2n) is 9.02. The largest absolute Gasteiger partial charge is 0.489 e. The van der Waals surface area contributed by atoms with E-state index in [1.807, 2.05) is 57.2 Å². The van der Waals surface area contributed by atoms with E-state index in [1.54, 1.807) is 0 Å². The van der Waals surface area contributed by atoms with Crippen molar-refractivity contribution in [2.24, 2.45) is 0 Å². The minimum absolute atomic E-state index is 0.0167. The van der Waals surface area contributed by atoms with E-state index in [0.29, 0.717) is 26.2 Å². The molecule has 2 aliphatic heterocycles. The number of morpholine rings is 1. The van der Waals surface area contributed by atoms with Gasteiger partial charge in [0.15, 0.2) is 6.10 Å². The summed E-state index contributed by atoms with van der Waals surface area (Å²) in [4.78, 5) is 14.3. The van der Waals surface area contributed by atoms with Gasteiger partial charge >= 0.3 is 5.97 Å². The van der Waals surface area contributed by atoms with Gasteiger partial charge in [-0.15, -0.1) is 0 Å². The molecule has 31 heavy (non-hydrogen) atoms. The fraction of sp³-hybridized carbons (Fsp3) is 0.480. The van der Waals surface area contributed by atoms with E-state index in [2.05, 4.69) is 17.0 Å². The average Bonchev–Trinajstić information content (AvgIpc) is 3.15. The highest BCUT2D eigenvalue weighted by Gasteiger charge is 2.26. The van der Waals surface area contributed by atoms with Gasteiger partial charge in [0.2, 0.25) is 0 Å². The highest BCUT2D eigenvalue weighted by Crippen LogP contribution is 2.35. The molecule has 1 saturated heterocycles. The Morgan fingerprint density at radius 1 is 1.13 bits per heavy atom. The molecule has 0 aliphatic carbocycles. The van der Waals surface area contributed by atoms with Crippen molar-refractivity contribution >= 4 is 5.97 Å². The van der Waals surface area contributed by atoms with Crippen LogP contribution in [0.5, 0.6) is 11.5 Å². The number of rotatable bonds is 6. The van der Waals surface area contributed by atoms with Crippen LogP contribution >= 0.6 is 0 Å². The Balaban J connectivity index is 1.30. The summed E-state index contributed by atoms with van der Waals surface area (Å²) in [6, 6.07) is 16.1. The molecule has 0 aromatic heterocycles. The molecule has 0 amide bonds. The van der Waals surface area contributed by atoms with Gasteiger partial charge in [-0.1, -0.05) is 30.3 Å². The van der Waals surface area contributed by atoms with Gasteiger partial charge in [0.1, 0.15) is 23.7 Å². The Morgan fingerprint density at radius 2 is 1.90 bits per heavy atom. The maximum absolute atomic E-state index is 12.0. The van der Waals surface area contributed by atoms with Gasteiger partial charge in [0, 0.05) is 25.2 Å². The molecule has 0 spiro atoms. The van der Waals surface area contributed by atoms with E-state index >= 15 is 0 Å². The lowest BCUT2D eigenvalue weighted by Gasteiger charge is -2.33. The molecule has 4 rings (SSSR count). The summed E-state index contributed by atoms with van der Waals surface area (Å²) in [6.45, 7) is 9.10. The Labute approximate surface area is 184 Å². The number of para-hydroxylation sites is 1. The van der Waals surface area contributed by atoms with Crippen LogP contribution in [0, 0.1) is 0 Å². The van der Waals surface area contributed by atoms with E-state index in [0.717, 1.165) is 35.7 Å². The number of nitrogens with zero attached hydrogens (tertiary/aromatic N) is 1. The van der Waals surface area contributed by atoms with Gasteiger partial charge in [-0.25, -0.2) is 0 Å². The molecule has 2 unspecified atom stereocenters. The number of ether oxygens (including phenoxy) is 4. The SMILES string of the molecule is CC(C)(C)OC(=O)CCN1CCOC(c2ccc(OC3COc4ccccc43)cc2)C1. The van der Waals surface area contributed by atoms with Crippen LogP contribution in [0.25, 0.3) is 0 Å². The Morgan fingerprint density at radius 3 is 2.68 bits per heavy atom. The van der Waals surface area contributed by atoms with Crippen LogP contribution in [-0.4, -0.2) is 49.3 Å². The molecule has 0 radical (unpaired) electrons. The molecule has 0 N–H and O–H groups in total. The van der Waals surface area contributed by atoms with Crippen LogP contribution in [-0.2, 0) is 14.3 Å². The van der Waals surface area contributed by atoms with Crippen molar-refractivity contribution in [2.45, 2.75) is 45.0 Å². The summed E-state index contributed by atoms with van der Waals surface area (Å²) in [5.41, 5.74) is 1.75. The summed E-state index contributed by atoms with van der Waals surface area (Å²) in [5.74, 6) is 1.55. The quantitative estimate of drug-likeness (QED) is 0.643. The second-order valence-corrected chi connectivity index (χ2v) is 9.02. The topological polar surface area (TPSA) is 57.2 Å². The normalized spacial score (nSPS) is 21.3. The minimum atomic E-state index is -0.443. The lowest BCUT2D eigenvalue weighted by molar-refractivity contribution is -0.155. The van der Waals surface area contributed by atoms with Gasteiger partial charge in [-0.3, -0.25) is 9.69 Å². The molecular weight excluding hydrogens is 394 g/mol. The van der Waals surface area contributed by atoms with Gasteiger partial charge in [0.25, 0.3) is 0 Å². The molecule has 2 aliphatic rings. The Kier molecular flexibility index (Phi) is 6.49. The van der Waals surface area contributed by atoms with Crippen molar-refractivity contribution in [3.63, 3.8) is 0 Å².